The van der Waals surface area contributed by atoms with Gasteiger partial charge in [-0.2, -0.15) is 0 Å². The molecule has 2 N–H and O–H groups in total. The Hall–Kier alpha value is -0.120. The van der Waals surface area contributed by atoms with Crippen LogP contribution in [0.3, 0.4) is 0 Å². The topological polar surface area (TPSA) is 38.5 Å². The molecular weight excluding hydrogens is 164 g/mol. The Balaban J connectivity index is 2.32. The molecule has 3 nitrogen and oxygen atoms in total. The first kappa shape index (κ1) is 11.0. The van der Waals surface area contributed by atoms with Gasteiger partial charge in [-0.15, -0.1) is 0 Å². The number of nitrogens with two attached hydrogens (primary N) is 1. The van der Waals surface area contributed by atoms with Crippen LogP contribution in [-0.4, -0.2) is 44.3 Å². The summed E-state index contributed by atoms with van der Waals surface area (Å²) in [4.78, 5) is 2.48. The minimum atomic E-state index is 0.527. The van der Waals surface area contributed by atoms with Crippen LogP contribution >= 0.6 is 0 Å². The molecule has 1 aliphatic rings. The highest BCUT2D eigenvalue weighted by Gasteiger charge is 2.22. The average molecular weight is 186 g/mol. The zero-order valence-corrected chi connectivity index (χ0v) is 8.83. The molecular formula is C10H22N2O. The van der Waals surface area contributed by atoms with Gasteiger partial charge in [0, 0.05) is 26.2 Å². The van der Waals surface area contributed by atoms with Crippen LogP contribution in [0.2, 0.25) is 0 Å². The SMILES string of the molecule is COCC1CCCN(C(C)CN)C1. The summed E-state index contributed by atoms with van der Waals surface area (Å²) in [5.74, 6) is 0.716. The van der Waals surface area contributed by atoms with Gasteiger partial charge in [0.2, 0.25) is 0 Å². The molecule has 2 atom stereocenters. The van der Waals surface area contributed by atoms with E-state index >= 15 is 0 Å². The van der Waals surface area contributed by atoms with E-state index in [9.17, 15) is 0 Å². The molecule has 0 bridgehead atoms. The maximum atomic E-state index is 5.65. The molecule has 13 heavy (non-hydrogen) atoms. The summed E-state index contributed by atoms with van der Waals surface area (Å²) >= 11 is 0. The van der Waals surface area contributed by atoms with Gasteiger partial charge >= 0.3 is 0 Å². The monoisotopic (exact) mass is 186 g/mol. The minimum absolute atomic E-state index is 0.527. The van der Waals surface area contributed by atoms with Crippen LogP contribution in [0.4, 0.5) is 0 Å². The van der Waals surface area contributed by atoms with Crippen LogP contribution in [0.5, 0.6) is 0 Å². The lowest BCUT2D eigenvalue weighted by atomic mass is 9.98. The van der Waals surface area contributed by atoms with Crippen molar-refractivity contribution >= 4 is 0 Å². The third-order valence-corrected chi connectivity index (χ3v) is 2.92. The molecule has 1 aliphatic heterocycles. The van der Waals surface area contributed by atoms with Crippen molar-refractivity contribution in [3.05, 3.63) is 0 Å². The standard InChI is InChI=1S/C10H22N2O/c1-9(6-11)12-5-3-4-10(7-12)8-13-2/h9-10H,3-8,11H2,1-2H3. The van der Waals surface area contributed by atoms with E-state index in [4.69, 9.17) is 10.5 Å². The van der Waals surface area contributed by atoms with Gasteiger partial charge in [-0.1, -0.05) is 0 Å². The first-order valence-electron chi connectivity index (χ1n) is 5.21. The van der Waals surface area contributed by atoms with Crippen molar-refractivity contribution in [3.63, 3.8) is 0 Å². The number of methoxy groups -OCH3 is 1. The largest absolute Gasteiger partial charge is 0.384 e. The smallest absolute Gasteiger partial charge is 0.0502 e. The Bertz CT molecular complexity index is 139. The van der Waals surface area contributed by atoms with Gasteiger partial charge in [-0.25, -0.2) is 0 Å². The molecule has 0 saturated carbocycles. The van der Waals surface area contributed by atoms with Crippen molar-refractivity contribution in [3.8, 4) is 0 Å². The van der Waals surface area contributed by atoms with E-state index < -0.39 is 0 Å². The van der Waals surface area contributed by atoms with Crippen molar-refractivity contribution in [1.82, 2.24) is 4.90 Å². The number of likely N-dealkylation sites (tertiary alicyclic amines) is 1. The summed E-state index contributed by atoms with van der Waals surface area (Å²) in [6.07, 6.45) is 2.60. The Labute approximate surface area is 81.2 Å². The van der Waals surface area contributed by atoms with E-state index in [-0.39, 0.29) is 0 Å². The summed E-state index contributed by atoms with van der Waals surface area (Å²) in [5, 5.41) is 0. The van der Waals surface area contributed by atoms with Crippen molar-refractivity contribution in [2.45, 2.75) is 25.8 Å². The van der Waals surface area contributed by atoms with Crippen molar-refractivity contribution in [2.75, 3.05) is 33.4 Å². The molecule has 1 fully saturated rings. The summed E-state index contributed by atoms with van der Waals surface area (Å²) in [6.45, 7) is 6.23. The van der Waals surface area contributed by atoms with Crippen molar-refractivity contribution in [1.29, 1.82) is 0 Å². The van der Waals surface area contributed by atoms with Gasteiger partial charge in [-0.05, 0) is 32.2 Å². The predicted molar refractivity (Wildman–Crippen MR) is 54.7 cm³/mol. The molecule has 0 radical (unpaired) electrons. The van der Waals surface area contributed by atoms with Crippen LogP contribution in [0.1, 0.15) is 19.8 Å². The molecule has 1 saturated heterocycles. The van der Waals surface area contributed by atoms with E-state index in [0.29, 0.717) is 12.0 Å². The van der Waals surface area contributed by atoms with Gasteiger partial charge in [-0.3, -0.25) is 4.90 Å². The van der Waals surface area contributed by atoms with E-state index in [0.717, 1.165) is 19.7 Å². The lowest BCUT2D eigenvalue weighted by Gasteiger charge is -2.36. The molecule has 0 amide bonds. The number of rotatable bonds is 4. The maximum absolute atomic E-state index is 5.65. The van der Waals surface area contributed by atoms with Gasteiger partial charge in [0.15, 0.2) is 0 Å². The van der Waals surface area contributed by atoms with Gasteiger partial charge in [0.1, 0.15) is 0 Å². The van der Waals surface area contributed by atoms with E-state index in [1.807, 2.05) is 0 Å². The molecule has 1 rings (SSSR count). The normalized spacial score (nSPS) is 27.5. The third kappa shape index (κ3) is 3.25. The minimum Gasteiger partial charge on any atom is -0.384 e. The Morgan fingerprint density at radius 2 is 2.38 bits per heavy atom. The van der Waals surface area contributed by atoms with Crippen LogP contribution in [0.15, 0.2) is 0 Å². The summed E-state index contributed by atoms with van der Waals surface area (Å²) < 4.78 is 5.19. The number of ether oxygens (including phenoxy) is 1. The van der Waals surface area contributed by atoms with Gasteiger partial charge < -0.3 is 10.5 Å². The molecule has 0 spiro atoms. The number of hydrogen-bond donors (Lipinski definition) is 1. The summed E-state index contributed by atoms with van der Waals surface area (Å²) in [5.41, 5.74) is 5.65. The molecule has 0 aromatic carbocycles. The summed E-state index contributed by atoms with van der Waals surface area (Å²) in [7, 11) is 1.78. The second-order valence-corrected chi connectivity index (χ2v) is 4.04. The molecule has 0 aromatic rings. The lowest BCUT2D eigenvalue weighted by molar-refractivity contribution is 0.0741. The van der Waals surface area contributed by atoms with Crippen LogP contribution in [0, 0.1) is 5.92 Å². The molecule has 0 aromatic heterocycles. The van der Waals surface area contributed by atoms with Crippen molar-refractivity contribution < 1.29 is 4.74 Å². The molecule has 2 unspecified atom stereocenters. The van der Waals surface area contributed by atoms with Gasteiger partial charge in [0.25, 0.3) is 0 Å². The predicted octanol–water partition coefficient (Wildman–Crippen LogP) is 0.692. The molecule has 1 heterocycles. The first-order chi connectivity index (χ1) is 6.27. The van der Waals surface area contributed by atoms with E-state index in [1.165, 1.54) is 19.4 Å². The third-order valence-electron chi connectivity index (χ3n) is 2.92. The average Bonchev–Trinajstić information content (AvgIpc) is 2.18. The zero-order chi connectivity index (χ0) is 9.68. The number of piperidine rings is 1. The first-order valence-corrected chi connectivity index (χ1v) is 5.21. The van der Waals surface area contributed by atoms with Crippen molar-refractivity contribution in [2.24, 2.45) is 11.7 Å². The van der Waals surface area contributed by atoms with E-state index in [2.05, 4.69) is 11.8 Å². The van der Waals surface area contributed by atoms with E-state index in [1.54, 1.807) is 7.11 Å². The number of nitrogens with zero attached hydrogens (tertiary/aromatic N) is 1. The Kier molecular flexibility index (Phi) is 4.70. The molecule has 0 aliphatic carbocycles. The van der Waals surface area contributed by atoms with Gasteiger partial charge in [0.05, 0.1) is 6.61 Å². The Morgan fingerprint density at radius 1 is 1.62 bits per heavy atom. The number of hydrogen-bond acceptors (Lipinski definition) is 3. The highest BCUT2D eigenvalue weighted by molar-refractivity contribution is 4.77. The quantitative estimate of drug-likeness (QED) is 0.702. The fourth-order valence-corrected chi connectivity index (χ4v) is 2.02. The fourth-order valence-electron chi connectivity index (χ4n) is 2.02. The van der Waals surface area contributed by atoms with Crippen LogP contribution in [0.25, 0.3) is 0 Å². The molecule has 3 heteroatoms. The second-order valence-electron chi connectivity index (χ2n) is 4.04. The highest BCUT2D eigenvalue weighted by Crippen LogP contribution is 2.18. The zero-order valence-electron chi connectivity index (χ0n) is 8.83. The van der Waals surface area contributed by atoms with Crippen LogP contribution < -0.4 is 5.73 Å². The Morgan fingerprint density at radius 3 is 3.00 bits per heavy atom. The lowest BCUT2D eigenvalue weighted by Crippen LogP contribution is -2.45. The summed E-state index contributed by atoms with van der Waals surface area (Å²) in [6, 6.07) is 0.527. The maximum Gasteiger partial charge on any atom is 0.0502 e. The van der Waals surface area contributed by atoms with Crippen LogP contribution in [-0.2, 0) is 4.74 Å². The second kappa shape index (κ2) is 5.58. The molecule has 78 valence electrons. The highest BCUT2D eigenvalue weighted by atomic mass is 16.5. The fraction of sp³-hybridized carbons (Fsp3) is 1.00.